The molecule has 0 fully saturated rings. The molecule has 7 nitrogen and oxygen atoms in total. The first kappa shape index (κ1) is 24.3. The number of carbonyl (C=O) groups is 1. The van der Waals surface area contributed by atoms with Gasteiger partial charge in [0.2, 0.25) is 0 Å². The fraction of sp³-hybridized carbons (Fsp3) is 0.381. The number of Topliss-reactive ketones (excluding diaryl/α,β-unsaturated/α-hetero) is 1. The second-order valence-electron chi connectivity index (χ2n) is 7.16. The number of phosphoric ester groups is 1. The molecular weight excluding hydrogens is 425 g/mol. The zero-order chi connectivity index (χ0) is 22.2. The summed E-state index contributed by atoms with van der Waals surface area (Å²) >= 11 is 1.56. The van der Waals surface area contributed by atoms with Crippen LogP contribution in [0, 0.1) is 11.8 Å². The largest absolute Gasteiger partial charge is 0.493 e. The smallest absolute Gasteiger partial charge is 0.469 e. The summed E-state index contributed by atoms with van der Waals surface area (Å²) in [7, 11) is -4.52. The lowest BCUT2D eigenvalue weighted by Crippen LogP contribution is -2.41. The zero-order valence-corrected chi connectivity index (χ0v) is 18.7. The number of rotatable bonds is 10. The molecule has 1 aromatic heterocycles. The van der Waals surface area contributed by atoms with E-state index in [0.717, 1.165) is 9.75 Å². The highest BCUT2D eigenvalue weighted by Gasteiger charge is 2.24. The fourth-order valence-electron chi connectivity index (χ4n) is 2.45. The number of carbonyl (C=O) groups excluding carboxylic acids is 1. The Morgan fingerprint density at radius 3 is 2.57 bits per heavy atom. The third-order valence-corrected chi connectivity index (χ3v) is 5.66. The first-order valence-electron chi connectivity index (χ1n) is 9.34. The van der Waals surface area contributed by atoms with Crippen molar-refractivity contribution < 1.29 is 28.4 Å². The van der Waals surface area contributed by atoms with Gasteiger partial charge in [0, 0.05) is 22.4 Å². The molecule has 0 bridgehead atoms. The predicted octanol–water partition coefficient (Wildman–Crippen LogP) is 3.53. The zero-order valence-electron chi connectivity index (χ0n) is 17.0. The van der Waals surface area contributed by atoms with Crippen molar-refractivity contribution in [2.24, 2.45) is 5.73 Å². The molecule has 0 aliphatic carbocycles. The highest BCUT2D eigenvalue weighted by Crippen LogP contribution is 2.37. The first-order valence-corrected chi connectivity index (χ1v) is 11.7. The molecule has 1 atom stereocenters. The SMILES string of the molecule is CC(=O)c1ccc(OCCC#Cc2ccc(CCC(C)(N)COP(=O)(O)O)s2)cc1. The average molecular weight is 451 g/mol. The summed E-state index contributed by atoms with van der Waals surface area (Å²) in [6.45, 7) is 3.46. The van der Waals surface area contributed by atoms with Crippen LogP contribution in [-0.4, -0.2) is 34.3 Å². The summed E-state index contributed by atoms with van der Waals surface area (Å²) in [5, 5.41) is 0. The van der Waals surface area contributed by atoms with E-state index in [1.165, 1.54) is 6.92 Å². The minimum Gasteiger partial charge on any atom is -0.493 e. The van der Waals surface area contributed by atoms with E-state index in [4.69, 9.17) is 20.3 Å². The van der Waals surface area contributed by atoms with Crippen LogP contribution in [0.3, 0.4) is 0 Å². The van der Waals surface area contributed by atoms with E-state index >= 15 is 0 Å². The molecule has 1 heterocycles. The number of ether oxygens (including phenoxy) is 1. The number of phosphoric acid groups is 1. The molecular formula is C21H26NO6PS. The van der Waals surface area contributed by atoms with E-state index in [0.29, 0.717) is 37.2 Å². The monoisotopic (exact) mass is 451 g/mol. The van der Waals surface area contributed by atoms with Crippen LogP contribution < -0.4 is 10.5 Å². The summed E-state index contributed by atoms with van der Waals surface area (Å²) in [6.07, 6.45) is 1.77. The van der Waals surface area contributed by atoms with E-state index in [9.17, 15) is 9.36 Å². The van der Waals surface area contributed by atoms with Crippen LogP contribution in [0.5, 0.6) is 5.75 Å². The van der Waals surface area contributed by atoms with Crippen LogP contribution in [0.2, 0.25) is 0 Å². The molecule has 1 unspecified atom stereocenters. The molecule has 0 radical (unpaired) electrons. The van der Waals surface area contributed by atoms with Gasteiger partial charge in [0.05, 0.1) is 18.1 Å². The molecule has 0 amide bonds. The lowest BCUT2D eigenvalue weighted by Gasteiger charge is -2.24. The average Bonchev–Trinajstić information content (AvgIpc) is 3.13. The fourth-order valence-corrected chi connectivity index (χ4v) is 3.79. The van der Waals surface area contributed by atoms with Crippen LogP contribution in [-0.2, 0) is 15.5 Å². The van der Waals surface area contributed by atoms with Gasteiger partial charge in [-0.25, -0.2) is 4.57 Å². The Bertz CT molecular complexity index is 952. The second kappa shape index (κ2) is 10.9. The van der Waals surface area contributed by atoms with Crippen molar-refractivity contribution in [1.29, 1.82) is 0 Å². The van der Waals surface area contributed by atoms with Gasteiger partial charge < -0.3 is 20.3 Å². The van der Waals surface area contributed by atoms with Crippen LogP contribution >= 0.6 is 19.2 Å². The molecule has 2 rings (SSSR count). The number of hydrogen-bond acceptors (Lipinski definition) is 6. The summed E-state index contributed by atoms with van der Waals surface area (Å²) in [4.78, 5) is 30.8. The summed E-state index contributed by atoms with van der Waals surface area (Å²) < 4.78 is 20.9. The van der Waals surface area contributed by atoms with E-state index in [-0.39, 0.29) is 12.4 Å². The number of benzene rings is 1. The quantitative estimate of drug-likeness (QED) is 0.219. The third kappa shape index (κ3) is 9.23. The first-order chi connectivity index (χ1) is 14.0. The molecule has 4 N–H and O–H groups in total. The molecule has 2 aromatic rings. The maximum Gasteiger partial charge on any atom is 0.469 e. The van der Waals surface area contributed by atoms with Gasteiger partial charge in [-0.2, -0.15) is 0 Å². The standard InChI is InChI=1S/C21H26NO6PS/c1-16(23)17-6-8-18(9-7-17)27-14-4-3-5-19-10-11-20(30-19)12-13-21(2,22)15-28-29(24,25)26/h6-11H,4,12-15,22H2,1-2H3,(H2,24,25,26). The van der Waals surface area contributed by atoms with Crippen molar-refractivity contribution in [2.75, 3.05) is 13.2 Å². The lowest BCUT2D eigenvalue weighted by atomic mass is 9.98. The van der Waals surface area contributed by atoms with Crippen molar-refractivity contribution in [3.8, 4) is 17.6 Å². The number of aryl methyl sites for hydroxylation is 1. The van der Waals surface area contributed by atoms with E-state index < -0.39 is 13.4 Å². The lowest BCUT2D eigenvalue weighted by molar-refractivity contribution is 0.101. The molecule has 0 saturated carbocycles. The topological polar surface area (TPSA) is 119 Å². The van der Waals surface area contributed by atoms with Crippen molar-refractivity contribution in [3.05, 3.63) is 51.7 Å². The van der Waals surface area contributed by atoms with Gasteiger partial charge in [-0.3, -0.25) is 9.32 Å². The van der Waals surface area contributed by atoms with Gasteiger partial charge in [-0.05, 0) is 63.1 Å². The predicted molar refractivity (Wildman–Crippen MR) is 117 cm³/mol. The van der Waals surface area contributed by atoms with Gasteiger partial charge in [-0.1, -0.05) is 11.8 Å². The highest BCUT2D eigenvalue weighted by atomic mass is 32.1. The minimum absolute atomic E-state index is 0.0216. The summed E-state index contributed by atoms with van der Waals surface area (Å²) in [6, 6.07) is 10.9. The molecule has 9 heteroatoms. The summed E-state index contributed by atoms with van der Waals surface area (Å²) in [5.74, 6) is 6.90. The van der Waals surface area contributed by atoms with Crippen LogP contribution in [0.1, 0.15) is 46.8 Å². The van der Waals surface area contributed by atoms with Gasteiger partial charge in [0.1, 0.15) is 5.75 Å². The molecule has 0 aliphatic rings. The molecule has 0 aliphatic heterocycles. The molecule has 0 saturated heterocycles. The second-order valence-corrected chi connectivity index (χ2v) is 9.57. The highest BCUT2D eigenvalue weighted by molar-refractivity contribution is 7.46. The Balaban J connectivity index is 1.74. The Kier molecular flexibility index (Phi) is 8.80. The minimum atomic E-state index is -4.52. The summed E-state index contributed by atoms with van der Waals surface area (Å²) in [5.41, 5.74) is 5.86. The van der Waals surface area contributed by atoms with Crippen molar-refractivity contribution in [3.63, 3.8) is 0 Å². The Labute approximate surface area is 180 Å². The molecule has 1 aromatic carbocycles. The Morgan fingerprint density at radius 2 is 1.93 bits per heavy atom. The number of hydrogen-bond donors (Lipinski definition) is 3. The molecule has 162 valence electrons. The van der Waals surface area contributed by atoms with Gasteiger partial charge in [0.25, 0.3) is 0 Å². The van der Waals surface area contributed by atoms with Crippen LogP contribution in [0.25, 0.3) is 0 Å². The van der Waals surface area contributed by atoms with E-state index in [1.54, 1.807) is 42.5 Å². The van der Waals surface area contributed by atoms with E-state index in [2.05, 4.69) is 16.4 Å². The van der Waals surface area contributed by atoms with Crippen molar-refractivity contribution in [2.45, 2.75) is 38.6 Å². The maximum absolute atomic E-state index is 11.2. The number of ketones is 1. The Morgan fingerprint density at radius 1 is 1.23 bits per heavy atom. The van der Waals surface area contributed by atoms with Gasteiger partial charge in [-0.15, -0.1) is 11.3 Å². The number of nitrogens with two attached hydrogens (primary N) is 1. The van der Waals surface area contributed by atoms with Crippen molar-refractivity contribution in [1.82, 2.24) is 0 Å². The normalized spacial score (nSPS) is 13.2. The van der Waals surface area contributed by atoms with Crippen LogP contribution in [0.15, 0.2) is 36.4 Å². The van der Waals surface area contributed by atoms with Crippen LogP contribution in [0.4, 0.5) is 0 Å². The third-order valence-electron chi connectivity index (χ3n) is 4.13. The number of thiophene rings is 1. The molecule has 30 heavy (non-hydrogen) atoms. The Hall–Kier alpha value is -1.98. The van der Waals surface area contributed by atoms with Gasteiger partial charge >= 0.3 is 7.82 Å². The molecule has 0 spiro atoms. The van der Waals surface area contributed by atoms with Gasteiger partial charge in [0.15, 0.2) is 5.78 Å². The maximum atomic E-state index is 11.2. The van der Waals surface area contributed by atoms with E-state index in [1.807, 2.05) is 12.1 Å². The van der Waals surface area contributed by atoms with Crippen molar-refractivity contribution >= 4 is 24.9 Å².